The first-order valence-electron chi connectivity index (χ1n) is 7.73. The molecule has 4 nitrogen and oxygen atoms in total. The Hall–Kier alpha value is -2.36. The molecule has 0 amide bonds. The van der Waals surface area contributed by atoms with Crippen LogP contribution in [0, 0.1) is 6.92 Å². The molecule has 2 aromatic rings. The van der Waals surface area contributed by atoms with E-state index < -0.39 is 0 Å². The first kappa shape index (κ1) is 16.0. The van der Waals surface area contributed by atoms with E-state index in [1.54, 1.807) is 0 Å². The van der Waals surface area contributed by atoms with Gasteiger partial charge in [-0.05, 0) is 37.5 Å². The monoisotopic (exact) mass is 296 g/mol. The number of nitrogens with one attached hydrogen (secondary N) is 1. The van der Waals surface area contributed by atoms with Crippen LogP contribution in [0.4, 0.5) is 11.5 Å². The maximum Gasteiger partial charge on any atom is 0.158 e. The predicted molar refractivity (Wildman–Crippen MR) is 93.1 cm³/mol. The second-order valence-corrected chi connectivity index (χ2v) is 5.41. The van der Waals surface area contributed by atoms with Crippen molar-refractivity contribution in [3.05, 3.63) is 53.5 Å². The number of aryl methyl sites for hydroxylation is 3. The minimum atomic E-state index is 0.425. The van der Waals surface area contributed by atoms with Crippen LogP contribution in [0.5, 0.6) is 0 Å². The molecule has 0 unspecified atom stereocenters. The maximum atomic E-state index is 5.88. The van der Waals surface area contributed by atoms with Crippen molar-refractivity contribution in [2.24, 2.45) is 5.73 Å². The summed E-state index contributed by atoms with van der Waals surface area (Å²) in [5, 5.41) is 3.33. The molecule has 0 bridgehead atoms. The average molecular weight is 296 g/mol. The molecule has 0 aliphatic heterocycles. The molecule has 0 spiro atoms. The normalized spacial score (nSPS) is 10.5. The molecule has 2 rings (SSSR count). The Kier molecular flexibility index (Phi) is 5.15. The highest BCUT2D eigenvalue weighted by Gasteiger charge is 2.12. The van der Waals surface area contributed by atoms with E-state index in [-0.39, 0.29) is 0 Å². The Balaban J connectivity index is 2.38. The van der Waals surface area contributed by atoms with Crippen molar-refractivity contribution in [1.29, 1.82) is 0 Å². The Labute approximate surface area is 132 Å². The zero-order valence-electron chi connectivity index (χ0n) is 13.6. The van der Waals surface area contributed by atoms with Crippen LogP contribution in [0.25, 0.3) is 5.70 Å². The summed E-state index contributed by atoms with van der Waals surface area (Å²) in [7, 11) is 0. The first-order chi connectivity index (χ1) is 10.5. The van der Waals surface area contributed by atoms with Gasteiger partial charge < -0.3 is 11.1 Å². The third kappa shape index (κ3) is 3.64. The predicted octanol–water partition coefficient (Wildman–Crippen LogP) is 3.97. The number of nitrogens with zero attached hydrogens (tertiary/aromatic N) is 2. The summed E-state index contributed by atoms with van der Waals surface area (Å²) in [4.78, 5) is 9.22. The molecule has 0 saturated carbocycles. The summed E-state index contributed by atoms with van der Waals surface area (Å²) in [6.45, 7) is 10.0. The quantitative estimate of drug-likeness (QED) is 0.846. The number of rotatable bonds is 6. The summed E-state index contributed by atoms with van der Waals surface area (Å²) < 4.78 is 0. The number of hydrogen-bond acceptors (Lipinski definition) is 4. The summed E-state index contributed by atoms with van der Waals surface area (Å²) in [6, 6.07) is 8.34. The van der Waals surface area contributed by atoms with E-state index in [1.165, 1.54) is 5.56 Å². The zero-order chi connectivity index (χ0) is 16.1. The van der Waals surface area contributed by atoms with E-state index in [1.807, 2.05) is 19.1 Å². The SMILES string of the molecule is C=C(N)c1nc(CC)c(C)nc1Nc1cccc(CCC)c1. The van der Waals surface area contributed by atoms with Gasteiger partial charge >= 0.3 is 0 Å². The highest BCUT2D eigenvalue weighted by atomic mass is 15.0. The third-order valence-corrected chi connectivity index (χ3v) is 3.54. The molecule has 1 heterocycles. The van der Waals surface area contributed by atoms with Crippen LogP contribution < -0.4 is 11.1 Å². The standard InChI is InChI=1S/C18H24N4/c1-5-8-14-9-7-10-15(11-14)21-18-17(12(3)19)22-16(6-2)13(4)20-18/h7,9-11H,3,5-6,8,19H2,1-2,4H3,(H,20,21). The van der Waals surface area contributed by atoms with Gasteiger partial charge in [0.1, 0.15) is 5.69 Å². The van der Waals surface area contributed by atoms with Crippen molar-refractivity contribution in [3.63, 3.8) is 0 Å². The van der Waals surface area contributed by atoms with Crippen molar-refractivity contribution in [2.75, 3.05) is 5.32 Å². The van der Waals surface area contributed by atoms with Crippen molar-refractivity contribution in [1.82, 2.24) is 9.97 Å². The Morgan fingerprint density at radius 3 is 2.68 bits per heavy atom. The van der Waals surface area contributed by atoms with Crippen molar-refractivity contribution in [3.8, 4) is 0 Å². The fourth-order valence-corrected chi connectivity index (χ4v) is 2.43. The summed E-state index contributed by atoms with van der Waals surface area (Å²) in [6.07, 6.45) is 3.01. The Morgan fingerprint density at radius 2 is 2.05 bits per heavy atom. The Morgan fingerprint density at radius 1 is 1.27 bits per heavy atom. The second-order valence-electron chi connectivity index (χ2n) is 5.41. The van der Waals surface area contributed by atoms with E-state index >= 15 is 0 Å². The molecule has 22 heavy (non-hydrogen) atoms. The highest BCUT2D eigenvalue weighted by molar-refractivity contribution is 5.71. The number of hydrogen-bond donors (Lipinski definition) is 2. The van der Waals surface area contributed by atoms with Gasteiger partial charge in [-0.25, -0.2) is 9.97 Å². The average Bonchev–Trinajstić information content (AvgIpc) is 2.48. The number of anilines is 2. The molecule has 0 fully saturated rings. The second kappa shape index (κ2) is 7.07. The molecule has 0 radical (unpaired) electrons. The van der Waals surface area contributed by atoms with Crippen LogP contribution in [0.3, 0.4) is 0 Å². The van der Waals surface area contributed by atoms with Gasteiger partial charge in [-0.3, -0.25) is 0 Å². The smallest absolute Gasteiger partial charge is 0.158 e. The van der Waals surface area contributed by atoms with Crippen LogP contribution >= 0.6 is 0 Å². The topological polar surface area (TPSA) is 63.8 Å². The van der Waals surface area contributed by atoms with Gasteiger partial charge in [-0.2, -0.15) is 0 Å². The van der Waals surface area contributed by atoms with Gasteiger partial charge in [0.15, 0.2) is 5.82 Å². The van der Waals surface area contributed by atoms with E-state index in [2.05, 4.69) is 47.8 Å². The largest absolute Gasteiger partial charge is 0.397 e. The molecule has 116 valence electrons. The lowest BCUT2D eigenvalue weighted by Gasteiger charge is -2.14. The van der Waals surface area contributed by atoms with Gasteiger partial charge in [-0.15, -0.1) is 0 Å². The summed E-state index contributed by atoms with van der Waals surface area (Å²) in [5.74, 6) is 0.663. The molecule has 4 heteroatoms. The van der Waals surface area contributed by atoms with Gasteiger partial charge in [0.2, 0.25) is 0 Å². The first-order valence-corrected chi connectivity index (χ1v) is 7.73. The molecule has 0 aliphatic rings. The molecule has 1 aromatic carbocycles. The lowest BCUT2D eigenvalue weighted by molar-refractivity contribution is 0.922. The maximum absolute atomic E-state index is 5.88. The fraction of sp³-hybridized carbons (Fsp3) is 0.333. The van der Waals surface area contributed by atoms with Gasteiger partial charge in [0.25, 0.3) is 0 Å². The summed E-state index contributed by atoms with van der Waals surface area (Å²) >= 11 is 0. The fourth-order valence-electron chi connectivity index (χ4n) is 2.43. The lowest BCUT2D eigenvalue weighted by atomic mass is 10.1. The van der Waals surface area contributed by atoms with Crippen molar-refractivity contribution >= 4 is 17.2 Å². The van der Waals surface area contributed by atoms with Crippen LogP contribution in [-0.4, -0.2) is 9.97 Å². The van der Waals surface area contributed by atoms with E-state index in [0.717, 1.165) is 36.3 Å². The van der Waals surface area contributed by atoms with E-state index in [9.17, 15) is 0 Å². The summed E-state index contributed by atoms with van der Waals surface area (Å²) in [5.41, 5.74) is 11.1. The van der Waals surface area contributed by atoms with Gasteiger partial charge in [0.05, 0.1) is 17.1 Å². The third-order valence-electron chi connectivity index (χ3n) is 3.54. The van der Waals surface area contributed by atoms with Gasteiger partial charge in [0, 0.05) is 5.69 Å². The number of benzene rings is 1. The van der Waals surface area contributed by atoms with Gasteiger partial charge in [-0.1, -0.05) is 39.0 Å². The molecule has 0 aliphatic carbocycles. The molecular weight excluding hydrogens is 272 g/mol. The molecule has 3 N–H and O–H groups in total. The molecular formula is C18H24N4. The van der Waals surface area contributed by atoms with Crippen molar-refractivity contribution in [2.45, 2.75) is 40.0 Å². The molecule has 0 saturated heterocycles. The number of aromatic nitrogens is 2. The van der Waals surface area contributed by atoms with Crippen molar-refractivity contribution < 1.29 is 0 Å². The Bertz CT molecular complexity index is 677. The van der Waals surface area contributed by atoms with Crippen LogP contribution in [0.2, 0.25) is 0 Å². The lowest BCUT2D eigenvalue weighted by Crippen LogP contribution is -2.09. The van der Waals surface area contributed by atoms with Crippen LogP contribution in [0.1, 0.15) is 42.9 Å². The molecule has 1 aromatic heterocycles. The minimum absolute atomic E-state index is 0.425. The highest BCUT2D eigenvalue weighted by Crippen LogP contribution is 2.23. The molecule has 0 atom stereocenters. The zero-order valence-corrected chi connectivity index (χ0v) is 13.6. The van der Waals surface area contributed by atoms with E-state index in [4.69, 9.17) is 5.73 Å². The minimum Gasteiger partial charge on any atom is -0.397 e. The number of nitrogens with two attached hydrogens (primary N) is 1. The van der Waals surface area contributed by atoms with E-state index in [0.29, 0.717) is 17.2 Å². The van der Waals surface area contributed by atoms with Crippen LogP contribution in [-0.2, 0) is 12.8 Å². The van der Waals surface area contributed by atoms with Crippen LogP contribution in [0.15, 0.2) is 30.8 Å².